The highest BCUT2D eigenvalue weighted by Crippen LogP contribution is 2.32. The van der Waals surface area contributed by atoms with Crippen LogP contribution in [0, 0.1) is 6.92 Å². The number of para-hydroxylation sites is 2. The van der Waals surface area contributed by atoms with Crippen molar-refractivity contribution in [2.24, 2.45) is 0 Å². The molecule has 0 fully saturated rings. The fourth-order valence-corrected chi connectivity index (χ4v) is 3.90. The zero-order chi connectivity index (χ0) is 25.5. The van der Waals surface area contributed by atoms with E-state index in [2.05, 4.69) is 4.90 Å². The lowest BCUT2D eigenvalue weighted by molar-refractivity contribution is -0.0576. The summed E-state index contributed by atoms with van der Waals surface area (Å²) in [5, 5.41) is 15.6. The number of hydrogen-bond acceptors (Lipinski definition) is 6. The van der Waals surface area contributed by atoms with Crippen LogP contribution in [0.25, 0.3) is 5.69 Å². The number of aliphatic hydroxyl groups is 1. The average Bonchev–Trinajstić information content (AvgIpc) is 3.47. The summed E-state index contributed by atoms with van der Waals surface area (Å²) in [6.07, 6.45) is 0.997. The molecule has 7 nitrogen and oxygen atoms in total. The molecule has 2 aromatic carbocycles. The highest BCUT2D eigenvalue weighted by atomic mass is 16.5. The number of hydrogen-bond donors (Lipinski definition) is 1. The van der Waals surface area contributed by atoms with Gasteiger partial charge in [-0.3, -0.25) is 4.90 Å². The molecule has 36 heavy (non-hydrogen) atoms. The molecule has 4 rings (SSSR count). The van der Waals surface area contributed by atoms with Gasteiger partial charge in [0, 0.05) is 13.1 Å². The van der Waals surface area contributed by atoms with E-state index in [4.69, 9.17) is 19.0 Å². The molecule has 0 aliphatic heterocycles. The molecule has 0 aliphatic rings. The van der Waals surface area contributed by atoms with Gasteiger partial charge in [0.25, 0.3) is 0 Å². The van der Waals surface area contributed by atoms with Crippen LogP contribution in [-0.4, -0.2) is 44.6 Å². The maximum atomic E-state index is 10.8. The third-order valence-corrected chi connectivity index (χ3v) is 5.61. The van der Waals surface area contributed by atoms with Crippen molar-refractivity contribution in [3.8, 4) is 17.3 Å². The van der Waals surface area contributed by atoms with Gasteiger partial charge < -0.3 is 19.0 Å². The lowest BCUT2D eigenvalue weighted by atomic mass is 10.2. The van der Waals surface area contributed by atoms with Crippen molar-refractivity contribution in [3.63, 3.8) is 0 Å². The van der Waals surface area contributed by atoms with E-state index in [9.17, 15) is 5.11 Å². The summed E-state index contributed by atoms with van der Waals surface area (Å²) < 4.78 is 19.7. The predicted molar refractivity (Wildman–Crippen MR) is 139 cm³/mol. The normalized spacial score (nSPS) is 12.7. The van der Waals surface area contributed by atoms with Crippen LogP contribution in [0.1, 0.15) is 37.8 Å². The van der Waals surface area contributed by atoms with Crippen LogP contribution in [0.15, 0.2) is 83.5 Å². The fraction of sp³-hybridized carbons (Fsp3) is 0.345. The Morgan fingerprint density at radius 1 is 0.972 bits per heavy atom. The van der Waals surface area contributed by atoms with E-state index in [1.165, 1.54) is 0 Å². The first-order chi connectivity index (χ1) is 17.3. The second-order valence-corrected chi connectivity index (χ2v) is 9.86. The third-order valence-electron chi connectivity index (χ3n) is 5.61. The Labute approximate surface area is 212 Å². The molecule has 1 N–H and O–H groups in total. The molecule has 0 amide bonds. The molecule has 1 unspecified atom stereocenters. The van der Waals surface area contributed by atoms with E-state index in [0.29, 0.717) is 25.5 Å². The highest BCUT2D eigenvalue weighted by Gasteiger charge is 2.24. The molecular formula is C29H35N3O4. The van der Waals surface area contributed by atoms with Crippen LogP contribution in [0.5, 0.6) is 11.6 Å². The fourth-order valence-electron chi connectivity index (χ4n) is 3.90. The molecule has 2 aromatic heterocycles. The van der Waals surface area contributed by atoms with Crippen LogP contribution >= 0.6 is 0 Å². The van der Waals surface area contributed by atoms with Crippen molar-refractivity contribution in [1.29, 1.82) is 0 Å². The molecule has 0 radical (unpaired) electrons. The predicted octanol–water partition coefficient (Wildman–Crippen LogP) is 5.74. The monoisotopic (exact) mass is 489 g/mol. The Hall–Kier alpha value is -3.39. The van der Waals surface area contributed by atoms with Crippen molar-refractivity contribution in [1.82, 2.24) is 14.7 Å². The van der Waals surface area contributed by atoms with E-state index in [-0.39, 0.29) is 12.2 Å². The molecule has 2 heterocycles. The highest BCUT2D eigenvalue weighted by molar-refractivity contribution is 5.43. The van der Waals surface area contributed by atoms with E-state index in [0.717, 1.165) is 28.5 Å². The maximum Gasteiger partial charge on any atom is 0.227 e. The second kappa shape index (κ2) is 11.6. The third kappa shape index (κ3) is 7.07. The number of rotatable bonds is 11. The van der Waals surface area contributed by atoms with Gasteiger partial charge in [0.05, 0.1) is 48.1 Å². The van der Waals surface area contributed by atoms with Gasteiger partial charge in [-0.05, 0) is 64.1 Å². The molecule has 0 bridgehead atoms. The van der Waals surface area contributed by atoms with Gasteiger partial charge in [-0.15, -0.1) is 0 Å². The van der Waals surface area contributed by atoms with Gasteiger partial charge in [-0.2, -0.15) is 5.10 Å². The summed E-state index contributed by atoms with van der Waals surface area (Å²) in [6.45, 7) is 9.61. The van der Waals surface area contributed by atoms with Crippen molar-refractivity contribution in [2.45, 2.75) is 52.5 Å². The first-order valence-corrected chi connectivity index (χ1v) is 12.2. The molecule has 4 aromatic rings. The van der Waals surface area contributed by atoms with Crippen molar-refractivity contribution in [3.05, 3.63) is 96.1 Å². The number of furan rings is 1. The SMILES string of the molecule is Cc1nn(-c2ccccc2)c(Oc2ccccc2)c1CN(Cc1ccco1)CC(O)COC(C)(C)C. The number of ether oxygens (including phenoxy) is 2. The van der Waals surface area contributed by atoms with E-state index < -0.39 is 6.10 Å². The maximum absolute atomic E-state index is 10.8. The van der Waals surface area contributed by atoms with Crippen molar-refractivity contribution >= 4 is 0 Å². The van der Waals surface area contributed by atoms with Gasteiger partial charge in [0.15, 0.2) is 0 Å². The minimum atomic E-state index is -0.665. The first kappa shape index (κ1) is 25.7. The van der Waals surface area contributed by atoms with Crippen LogP contribution < -0.4 is 4.74 Å². The molecular weight excluding hydrogens is 454 g/mol. The summed E-state index contributed by atoms with van der Waals surface area (Å²) in [5.41, 5.74) is 2.39. The summed E-state index contributed by atoms with van der Waals surface area (Å²) in [4.78, 5) is 2.13. The summed E-state index contributed by atoms with van der Waals surface area (Å²) in [6, 6.07) is 23.4. The van der Waals surface area contributed by atoms with Gasteiger partial charge in [0.1, 0.15) is 11.5 Å². The molecule has 0 saturated carbocycles. The van der Waals surface area contributed by atoms with E-state index in [1.54, 1.807) is 6.26 Å². The second-order valence-electron chi connectivity index (χ2n) is 9.86. The zero-order valence-electron chi connectivity index (χ0n) is 21.4. The van der Waals surface area contributed by atoms with Crippen LogP contribution in [-0.2, 0) is 17.8 Å². The van der Waals surface area contributed by atoms with Gasteiger partial charge in [-0.25, -0.2) is 4.68 Å². The molecule has 0 aliphatic carbocycles. The van der Waals surface area contributed by atoms with Gasteiger partial charge in [0.2, 0.25) is 5.88 Å². The summed E-state index contributed by atoms with van der Waals surface area (Å²) in [7, 11) is 0. The van der Waals surface area contributed by atoms with E-state index in [1.807, 2.05) is 105 Å². The Bertz CT molecular complexity index is 1200. The molecule has 7 heteroatoms. The quantitative estimate of drug-likeness (QED) is 0.289. The van der Waals surface area contributed by atoms with Gasteiger partial charge >= 0.3 is 0 Å². The smallest absolute Gasteiger partial charge is 0.227 e. The summed E-state index contributed by atoms with van der Waals surface area (Å²) >= 11 is 0. The van der Waals surface area contributed by atoms with Crippen LogP contribution in [0.3, 0.4) is 0 Å². The van der Waals surface area contributed by atoms with Crippen molar-refractivity contribution < 1.29 is 19.0 Å². The minimum Gasteiger partial charge on any atom is -0.468 e. The topological polar surface area (TPSA) is 72.9 Å². The Morgan fingerprint density at radius 2 is 1.67 bits per heavy atom. The van der Waals surface area contributed by atoms with Gasteiger partial charge in [-0.1, -0.05) is 36.4 Å². The number of aryl methyl sites for hydroxylation is 1. The number of nitrogens with zero attached hydrogens (tertiary/aromatic N) is 3. The van der Waals surface area contributed by atoms with Crippen molar-refractivity contribution in [2.75, 3.05) is 13.2 Å². The number of benzene rings is 2. The summed E-state index contributed by atoms with van der Waals surface area (Å²) in [5.74, 6) is 2.19. The lowest BCUT2D eigenvalue weighted by Crippen LogP contribution is -2.36. The molecule has 1 atom stereocenters. The van der Waals surface area contributed by atoms with E-state index >= 15 is 0 Å². The number of aromatic nitrogens is 2. The molecule has 0 saturated heterocycles. The lowest BCUT2D eigenvalue weighted by Gasteiger charge is -2.27. The standard InChI is InChI=1S/C29H35N3O4/c1-22-27(20-31(19-26-16-11-17-34-26)18-24(33)21-35-29(2,3)4)28(36-25-14-9-6-10-15-25)32(30-22)23-12-7-5-8-13-23/h5-17,24,33H,18-21H2,1-4H3. The molecule has 190 valence electrons. The number of aliphatic hydroxyl groups excluding tert-OH is 1. The largest absolute Gasteiger partial charge is 0.468 e. The Morgan fingerprint density at radius 3 is 2.31 bits per heavy atom. The average molecular weight is 490 g/mol. The molecule has 0 spiro atoms. The first-order valence-electron chi connectivity index (χ1n) is 12.2. The Balaban J connectivity index is 1.65. The van der Waals surface area contributed by atoms with Crippen LogP contribution in [0.2, 0.25) is 0 Å². The Kier molecular flexibility index (Phi) is 8.25. The van der Waals surface area contributed by atoms with Crippen LogP contribution in [0.4, 0.5) is 0 Å². The zero-order valence-corrected chi connectivity index (χ0v) is 21.4. The minimum absolute atomic E-state index is 0.244.